The molecule has 2 fully saturated rings. The molecule has 23 heavy (non-hydrogen) atoms. The predicted octanol–water partition coefficient (Wildman–Crippen LogP) is 1.01. The molecule has 3 atom stereocenters. The second-order valence-electron chi connectivity index (χ2n) is 5.90. The molecule has 0 saturated carbocycles. The maximum absolute atomic E-state index is 12.4. The number of ether oxygens (including phenoxy) is 2. The van der Waals surface area contributed by atoms with Gasteiger partial charge in [-0.15, -0.1) is 0 Å². The van der Waals surface area contributed by atoms with E-state index in [2.05, 4.69) is 5.32 Å². The highest BCUT2D eigenvalue weighted by molar-refractivity contribution is 5.90. The van der Waals surface area contributed by atoms with Crippen molar-refractivity contribution in [3.05, 3.63) is 24.3 Å². The Morgan fingerprint density at radius 1 is 1.22 bits per heavy atom. The summed E-state index contributed by atoms with van der Waals surface area (Å²) in [7, 11) is 4.91. The maximum atomic E-state index is 12.4. The van der Waals surface area contributed by atoms with Crippen LogP contribution < -0.4 is 10.1 Å². The van der Waals surface area contributed by atoms with Gasteiger partial charge in [-0.2, -0.15) is 0 Å². The molecule has 2 aliphatic heterocycles. The molecule has 0 aromatic heterocycles. The van der Waals surface area contributed by atoms with Crippen LogP contribution in [0.5, 0.6) is 5.75 Å². The smallest absolute Gasteiger partial charge is 0.321 e. The minimum atomic E-state index is -0.455. The minimum absolute atomic E-state index is 0.00212. The average molecular weight is 319 g/mol. The standard InChI is InChI=1S/C16H21N3O4/c1-18-13-9-19(8-12(13)14(23-3)15(18)20)16(21)17-10-4-6-11(22-2)7-5-10/h4-7,12-14H,8-9H2,1-3H3,(H,17,21)/t12-,13+,14-/m0/s1. The van der Waals surface area contributed by atoms with E-state index in [1.165, 1.54) is 0 Å². The van der Waals surface area contributed by atoms with E-state index in [9.17, 15) is 9.59 Å². The van der Waals surface area contributed by atoms with Crippen molar-refractivity contribution in [3.8, 4) is 5.75 Å². The molecule has 2 saturated heterocycles. The Morgan fingerprint density at radius 2 is 1.91 bits per heavy atom. The van der Waals surface area contributed by atoms with Crippen LogP contribution >= 0.6 is 0 Å². The highest BCUT2D eigenvalue weighted by atomic mass is 16.5. The summed E-state index contributed by atoms with van der Waals surface area (Å²) in [5, 5.41) is 2.87. The number of fused-ring (bicyclic) bond motifs is 1. The summed E-state index contributed by atoms with van der Waals surface area (Å²) in [6.45, 7) is 1.04. The second-order valence-corrected chi connectivity index (χ2v) is 5.90. The quantitative estimate of drug-likeness (QED) is 0.903. The fourth-order valence-electron chi connectivity index (χ4n) is 3.38. The zero-order chi connectivity index (χ0) is 16.6. The summed E-state index contributed by atoms with van der Waals surface area (Å²) < 4.78 is 10.4. The third-order valence-corrected chi connectivity index (χ3v) is 4.69. The molecular weight excluding hydrogens is 298 g/mol. The fourth-order valence-corrected chi connectivity index (χ4v) is 3.38. The van der Waals surface area contributed by atoms with Crippen LogP contribution in [0.2, 0.25) is 0 Å². The molecule has 7 nitrogen and oxygen atoms in total. The molecule has 3 amide bonds. The van der Waals surface area contributed by atoms with Crippen molar-refractivity contribution in [3.63, 3.8) is 0 Å². The summed E-state index contributed by atoms with van der Waals surface area (Å²) in [6, 6.07) is 7.03. The van der Waals surface area contributed by atoms with E-state index in [1.807, 2.05) is 0 Å². The summed E-state index contributed by atoms with van der Waals surface area (Å²) in [5.74, 6) is 0.763. The van der Waals surface area contributed by atoms with E-state index in [4.69, 9.17) is 9.47 Å². The lowest BCUT2D eigenvalue weighted by Gasteiger charge is -2.22. The summed E-state index contributed by atoms with van der Waals surface area (Å²) in [5.41, 5.74) is 0.709. The van der Waals surface area contributed by atoms with Crippen molar-refractivity contribution in [2.45, 2.75) is 12.1 Å². The number of likely N-dealkylation sites (tertiary alicyclic amines) is 2. The first-order chi connectivity index (χ1) is 11.0. The second kappa shape index (κ2) is 6.08. The van der Waals surface area contributed by atoms with Crippen molar-refractivity contribution < 1.29 is 19.1 Å². The summed E-state index contributed by atoms with van der Waals surface area (Å²) in [6.07, 6.45) is -0.455. The number of hydrogen-bond acceptors (Lipinski definition) is 4. The van der Waals surface area contributed by atoms with E-state index >= 15 is 0 Å². The van der Waals surface area contributed by atoms with Gasteiger partial charge < -0.3 is 24.6 Å². The van der Waals surface area contributed by atoms with Crippen LogP contribution in [0.25, 0.3) is 0 Å². The summed E-state index contributed by atoms with van der Waals surface area (Å²) >= 11 is 0. The van der Waals surface area contributed by atoms with Gasteiger partial charge in [0.15, 0.2) is 0 Å². The Hall–Kier alpha value is -2.28. The molecule has 0 bridgehead atoms. The zero-order valence-electron chi connectivity index (χ0n) is 13.5. The van der Waals surface area contributed by atoms with Crippen molar-refractivity contribution in [1.82, 2.24) is 9.80 Å². The fraction of sp³-hybridized carbons (Fsp3) is 0.500. The molecule has 0 spiro atoms. The molecular formula is C16H21N3O4. The number of anilines is 1. The lowest BCUT2D eigenvalue weighted by Crippen LogP contribution is -2.40. The SMILES string of the molecule is COc1ccc(NC(=O)N2C[C@@H]3[C@H](OC)C(=O)N(C)[C@@H]3C2)cc1. The Morgan fingerprint density at radius 3 is 2.52 bits per heavy atom. The number of carbonyl (C=O) groups is 2. The number of hydrogen-bond donors (Lipinski definition) is 1. The largest absolute Gasteiger partial charge is 0.497 e. The molecule has 0 aliphatic carbocycles. The Bertz CT molecular complexity index is 604. The van der Waals surface area contributed by atoms with E-state index in [-0.39, 0.29) is 23.9 Å². The van der Waals surface area contributed by atoms with Crippen molar-refractivity contribution >= 4 is 17.6 Å². The summed E-state index contributed by atoms with van der Waals surface area (Å²) in [4.78, 5) is 27.9. The first-order valence-electron chi connectivity index (χ1n) is 7.54. The Balaban J connectivity index is 1.65. The van der Waals surface area contributed by atoms with Crippen LogP contribution in [-0.2, 0) is 9.53 Å². The molecule has 7 heteroatoms. The number of likely N-dealkylation sites (N-methyl/N-ethyl adjacent to an activating group) is 1. The number of urea groups is 1. The van der Waals surface area contributed by atoms with Crippen LogP contribution in [0.3, 0.4) is 0 Å². The topological polar surface area (TPSA) is 71.1 Å². The number of nitrogens with zero attached hydrogens (tertiary/aromatic N) is 2. The molecule has 3 rings (SSSR count). The van der Waals surface area contributed by atoms with Gasteiger partial charge >= 0.3 is 6.03 Å². The van der Waals surface area contributed by atoms with E-state index < -0.39 is 6.10 Å². The van der Waals surface area contributed by atoms with Gasteiger partial charge in [0.2, 0.25) is 0 Å². The Labute approximate surface area is 135 Å². The van der Waals surface area contributed by atoms with E-state index in [0.29, 0.717) is 18.8 Å². The first kappa shape index (κ1) is 15.6. The molecule has 124 valence electrons. The number of methoxy groups -OCH3 is 2. The van der Waals surface area contributed by atoms with Gasteiger partial charge in [-0.1, -0.05) is 0 Å². The molecule has 1 aromatic carbocycles. The average Bonchev–Trinajstić information content (AvgIpc) is 3.08. The van der Waals surface area contributed by atoms with Gasteiger partial charge in [0.1, 0.15) is 11.9 Å². The predicted molar refractivity (Wildman–Crippen MR) is 84.4 cm³/mol. The molecule has 1 aromatic rings. The Kier molecular flexibility index (Phi) is 4.12. The lowest BCUT2D eigenvalue weighted by atomic mass is 10.0. The first-order valence-corrected chi connectivity index (χ1v) is 7.54. The number of benzene rings is 1. The normalized spacial score (nSPS) is 26.4. The number of rotatable bonds is 3. The van der Waals surface area contributed by atoms with Crippen molar-refractivity contribution in [2.24, 2.45) is 5.92 Å². The van der Waals surface area contributed by atoms with E-state index in [0.717, 1.165) is 5.75 Å². The van der Waals surface area contributed by atoms with Crippen LogP contribution in [0, 0.1) is 5.92 Å². The molecule has 2 heterocycles. The van der Waals surface area contributed by atoms with Gasteiger partial charge in [0.05, 0.1) is 13.2 Å². The molecule has 2 aliphatic rings. The molecule has 1 N–H and O–H groups in total. The highest BCUT2D eigenvalue weighted by Gasteiger charge is 2.52. The van der Waals surface area contributed by atoms with Crippen molar-refractivity contribution in [2.75, 3.05) is 39.7 Å². The third kappa shape index (κ3) is 2.72. The van der Waals surface area contributed by atoms with Gasteiger partial charge in [-0.05, 0) is 24.3 Å². The van der Waals surface area contributed by atoms with Crippen LogP contribution in [0.1, 0.15) is 0 Å². The third-order valence-electron chi connectivity index (χ3n) is 4.69. The van der Waals surface area contributed by atoms with Gasteiger partial charge in [0, 0.05) is 38.9 Å². The highest BCUT2D eigenvalue weighted by Crippen LogP contribution is 2.33. The monoisotopic (exact) mass is 319 g/mol. The van der Waals surface area contributed by atoms with Crippen LogP contribution in [0.15, 0.2) is 24.3 Å². The number of nitrogens with one attached hydrogen (secondary N) is 1. The van der Waals surface area contributed by atoms with Gasteiger partial charge in [0.25, 0.3) is 5.91 Å². The maximum Gasteiger partial charge on any atom is 0.321 e. The number of amides is 3. The van der Waals surface area contributed by atoms with Gasteiger partial charge in [-0.25, -0.2) is 4.79 Å². The van der Waals surface area contributed by atoms with Crippen LogP contribution in [0.4, 0.5) is 10.5 Å². The lowest BCUT2D eigenvalue weighted by molar-refractivity contribution is -0.136. The molecule has 0 unspecified atom stereocenters. The minimum Gasteiger partial charge on any atom is -0.497 e. The van der Waals surface area contributed by atoms with Crippen LogP contribution in [-0.4, -0.2) is 68.2 Å². The zero-order valence-corrected chi connectivity index (χ0v) is 13.5. The van der Waals surface area contributed by atoms with Gasteiger partial charge in [-0.3, -0.25) is 4.79 Å². The van der Waals surface area contributed by atoms with E-state index in [1.54, 1.807) is 55.3 Å². The molecule has 0 radical (unpaired) electrons. The van der Waals surface area contributed by atoms with Crippen molar-refractivity contribution in [1.29, 1.82) is 0 Å². The number of carbonyl (C=O) groups excluding carboxylic acids is 2.